The molecule has 1 N–H and O–H groups in total. The maximum atomic E-state index is 12.0. The molecule has 2 saturated carbocycles. The highest BCUT2D eigenvalue weighted by Gasteiger charge is 2.51. The predicted octanol–water partition coefficient (Wildman–Crippen LogP) is 3.26. The molecule has 5 heteroatoms. The van der Waals surface area contributed by atoms with Crippen LogP contribution in [-0.2, 0) is 14.6 Å². The molecule has 0 aromatic rings. The highest BCUT2D eigenvalue weighted by molar-refractivity contribution is 7.91. The van der Waals surface area contributed by atoms with Gasteiger partial charge in [-0.05, 0) is 56.3 Å². The predicted molar refractivity (Wildman–Crippen MR) is 82.9 cm³/mol. The lowest BCUT2D eigenvalue weighted by Crippen LogP contribution is -2.46. The van der Waals surface area contributed by atoms with Crippen molar-refractivity contribution in [2.45, 2.75) is 70.5 Å². The molecule has 0 saturated heterocycles. The van der Waals surface area contributed by atoms with Crippen molar-refractivity contribution in [3.8, 4) is 0 Å². The van der Waals surface area contributed by atoms with Gasteiger partial charge >= 0.3 is 5.97 Å². The van der Waals surface area contributed by atoms with Crippen molar-refractivity contribution in [1.29, 1.82) is 0 Å². The molecule has 21 heavy (non-hydrogen) atoms. The summed E-state index contributed by atoms with van der Waals surface area (Å²) in [6.07, 6.45) is 7.42. The van der Waals surface area contributed by atoms with Crippen LogP contribution in [0.15, 0.2) is 0 Å². The molecule has 0 radical (unpaired) electrons. The second-order valence-corrected chi connectivity index (χ2v) is 10.3. The molecule has 2 aliphatic carbocycles. The van der Waals surface area contributed by atoms with Crippen LogP contribution in [0, 0.1) is 16.7 Å². The SMILES string of the molecule is CC1(C)CCC(C(=O)O)(C2CCCC(S(C)(=O)=O)C2)CC1. The Labute approximate surface area is 128 Å². The number of carboxylic acid groups (broad SMARTS) is 1. The Balaban J connectivity index is 2.21. The fourth-order valence-corrected chi connectivity index (χ4v) is 5.38. The summed E-state index contributed by atoms with van der Waals surface area (Å²) in [6, 6.07) is 0. The van der Waals surface area contributed by atoms with Crippen LogP contribution in [0.5, 0.6) is 0 Å². The summed E-state index contributed by atoms with van der Waals surface area (Å²) in [5, 5.41) is 9.51. The van der Waals surface area contributed by atoms with E-state index in [1.807, 2.05) is 0 Å². The van der Waals surface area contributed by atoms with Gasteiger partial charge in [-0.1, -0.05) is 20.3 Å². The summed E-state index contributed by atoms with van der Waals surface area (Å²) < 4.78 is 23.7. The summed E-state index contributed by atoms with van der Waals surface area (Å²) in [5.74, 6) is -0.697. The molecular formula is C16H28O4S. The Morgan fingerprint density at radius 3 is 2.14 bits per heavy atom. The van der Waals surface area contributed by atoms with Crippen molar-refractivity contribution >= 4 is 15.8 Å². The topological polar surface area (TPSA) is 71.4 Å². The first-order valence-corrected chi connectivity index (χ1v) is 9.95. The van der Waals surface area contributed by atoms with Gasteiger partial charge in [0.1, 0.15) is 9.84 Å². The van der Waals surface area contributed by atoms with Gasteiger partial charge in [0, 0.05) is 6.26 Å². The molecule has 2 aliphatic rings. The monoisotopic (exact) mass is 316 g/mol. The highest BCUT2D eigenvalue weighted by Crippen LogP contribution is 2.53. The van der Waals surface area contributed by atoms with E-state index in [1.54, 1.807) is 0 Å². The molecule has 0 aromatic carbocycles. The zero-order valence-corrected chi connectivity index (χ0v) is 14.2. The van der Waals surface area contributed by atoms with Crippen LogP contribution in [0.1, 0.15) is 65.2 Å². The lowest BCUT2D eigenvalue weighted by Gasteiger charge is -2.47. The van der Waals surface area contributed by atoms with Crippen LogP contribution in [0.25, 0.3) is 0 Å². The van der Waals surface area contributed by atoms with E-state index in [-0.39, 0.29) is 16.6 Å². The maximum Gasteiger partial charge on any atom is 0.309 e. The van der Waals surface area contributed by atoms with Crippen molar-refractivity contribution < 1.29 is 18.3 Å². The average molecular weight is 316 g/mol. The number of carbonyl (C=O) groups is 1. The van der Waals surface area contributed by atoms with Gasteiger partial charge in [-0.15, -0.1) is 0 Å². The average Bonchev–Trinajstić information content (AvgIpc) is 2.38. The number of rotatable bonds is 3. The van der Waals surface area contributed by atoms with Gasteiger partial charge in [-0.2, -0.15) is 0 Å². The third-order valence-electron chi connectivity index (χ3n) is 5.93. The first kappa shape index (κ1) is 16.8. The van der Waals surface area contributed by atoms with Gasteiger partial charge in [0.25, 0.3) is 0 Å². The van der Waals surface area contributed by atoms with E-state index in [2.05, 4.69) is 13.8 Å². The third-order valence-corrected chi connectivity index (χ3v) is 7.57. The first-order valence-electron chi connectivity index (χ1n) is 7.99. The molecule has 4 nitrogen and oxygen atoms in total. The second kappa shape index (κ2) is 5.56. The van der Waals surface area contributed by atoms with Crippen molar-refractivity contribution in [1.82, 2.24) is 0 Å². The fraction of sp³-hybridized carbons (Fsp3) is 0.938. The molecule has 122 valence electrons. The Morgan fingerprint density at radius 1 is 1.10 bits per heavy atom. The van der Waals surface area contributed by atoms with E-state index in [0.717, 1.165) is 25.7 Å². The van der Waals surface area contributed by atoms with E-state index in [0.29, 0.717) is 25.7 Å². The number of hydrogen-bond donors (Lipinski definition) is 1. The number of sulfone groups is 1. The van der Waals surface area contributed by atoms with Gasteiger partial charge in [-0.3, -0.25) is 4.79 Å². The Morgan fingerprint density at radius 2 is 1.67 bits per heavy atom. The summed E-state index contributed by atoms with van der Waals surface area (Å²) in [6.45, 7) is 4.39. The summed E-state index contributed by atoms with van der Waals surface area (Å²) >= 11 is 0. The lowest BCUT2D eigenvalue weighted by molar-refractivity contribution is -0.158. The van der Waals surface area contributed by atoms with Crippen LogP contribution in [0.4, 0.5) is 0 Å². The second-order valence-electron chi connectivity index (χ2n) is 7.94. The molecular weight excluding hydrogens is 288 g/mol. The van der Waals surface area contributed by atoms with Crippen molar-refractivity contribution in [2.24, 2.45) is 16.7 Å². The Kier molecular flexibility index (Phi) is 4.45. The van der Waals surface area contributed by atoms with E-state index in [4.69, 9.17) is 0 Å². The molecule has 0 spiro atoms. The zero-order chi connectivity index (χ0) is 15.9. The minimum atomic E-state index is -3.07. The van der Waals surface area contributed by atoms with Crippen molar-refractivity contribution in [3.63, 3.8) is 0 Å². The van der Waals surface area contributed by atoms with E-state index >= 15 is 0 Å². The fourth-order valence-electron chi connectivity index (χ4n) is 4.21. The molecule has 0 aromatic heterocycles. The first-order chi connectivity index (χ1) is 9.57. The lowest BCUT2D eigenvalue weighted by atomic mass is 9.57. The van der Waals surface area contributed by atoms with E-state index < -0.39 is 21.2 Å². The maximum absolute atomic E-state index is 12.0. The molecule has 2 unspecified atom stereocenters. The summed E-state index contributed by atoms with van der Waals surface area (Å²) in [5.41, 5.74) is -0.483. The quantitative estimate of drug-likeness (QED) is 0.867. The molecule has 2 atom stereocenters. The van der Waals surface area contributed by atoms with Gasteiger partial charge in [0.15, 0.2) is 0 Å². The largest absolute Gasteiger partial charge is 0.481 e. The zero-order valence-electron chi connectivity index (χ0n) is 13.4. The van der Waals surface area contributed by atoms with Crippen LogP contribution in [0.3, 0.4) is 0 Å². The molecule has 0 bridgehead atoms. The molecule has 0 aliphatic heterocycles. The van der Waals surface area contributed by atoms with Gasteiger partial charge < -0.3 is 5.11 Å². The molecule has 0 amide bonds. The van der Waals surface area contributed by atoms with Crippen molar-refractivity contribution in [2.75, 3.05) is 6.26 Å². The summed E-state index contributed by atoms with van der Waals surface area (Å²) in [7, 11) is -3.07. The number of hydrogen-bond acceptors (Lipinski definition) is 3. The summed E-state index contributed by atoms with van der Waals surface area (Å²) in [4.78, 5) is 12.0. The minimum Gasteiger partial charge on any atom is -0.481 e. The van der Waals surface area contributed by atoms with E-state index in [1.165, 1.54) is 6.26 Å². The number of aliphatic carboxylic acids is 1. The minimum absolute atomic E-state index is 0.0135. The normalized spacial score (nSPS) is 32.5. The van der Waals surface area contributed by atoms with Crippen molar-refractivity contribution in [3.05, 3.63) is 0 Å². The molecule has 2 fully saturated rings. The van der Waals surface area contributed by atoms with Gasteiger partial charge in [0.2, 0.25) is 0 Å². The van der Waals surface area contributed by atoms with Crippen LogP contribution >= 0.6 is 0 Å². The standard InChI is InChI=1S/C16H28O4S/c1-15(2)7-9-16(10-8-15,14(17)18)12-5-4-6-13(11-12)21(3,19)20/h12-13H,4-11H2,1-3H3,(H,17,18). The Hall–Kier alpha value is -0.580. The third kappa shape index (κ3) is 3.43. The van der Waals surface area contributed by atoms with Crippen LogP contribution < -0.4 is 0 Å². The Bertz CT molecular complexity index is 496. The molecule has 0 heterocycles. The smallest absolute Gasteiger partial charge is 0.309 e. The highest BCUT2D eigenvalue weighted by atomic mass is 32.2. The van der Waals surface area contributed by atoms with Gasteiger partial charge in [-0.25, -0.2) is 8.42 Å². The van der Waals surface area contributed by atoms with Crippen LogP contribution in [-0.4, -0.2) is 31.0 Å². The van der Waals surface area contributed by atoms with E-state index in [9.17, 15) is 18.3 Å². The molecule has 2 rings (SSSR count). The van der Waals surface area contributed by atoms with Crippen LogP contribution in [0.2, 0.25) is 0 Å². The number of carboxylic acids is 1. The van der Waals surface area contributed by atoms with Gasteiger partial charge in [0.05, 0.1) is 10.7 Å².